The van der Waals surface area contributed by atoms with Crippen molar-refractivity contribution in [3.63, 3.8) is 0 Å². The van der Waals surface area contributed by atoms with Crippen molar-refractivity contribution in [1.82, 2.24) is 4.90 Å². The van der Waals surface area contributed by atoms with Crippen LogP contribution in [0.2, 0.25) is 5.02 Å². The van der Waals surface area contributed by atoms with Gasteiger partial charge >= 0.3 is 0 Å². The second kappa shape index (κ2) is 7.52. The number of rotatable bonds is 5. The number of nitrogens with zero attached hydrogens (tertiary/aromatic N) is 2. The molecule has 1 atom stereocenters. The van der Waals surface area contributed by atoms with E-state index in [1.54, 1.807) is 6.07 Å². The zero-order valence-electron chi connectivity index (χ0n) is 12.0. The fraction of sp³-hybridized carbons (Fsp3) is 0.562. The third-order valence-electron chi connectivity index (χ3n) is 3.78. The van der Waals surface area contributed by atoms with Crippen LogP contribution in [0, 0.1) is 17.2 Å². The van der Waals surface area contributed by atoms with Crippen molar-refractivity contribution in [3.05, 3.63) is 28.8 Å². The molecule has 1 aromatic carbocycles. The number of benzene rings is 1. The van der Waals surface area contributed by atoms with Gasteiger partial charge in [-0.25, -0.2) is 0 Å². The van der Waals surface area contributed by atoms with Crippen molar-refractivity contribution >= 4 is 17.3 Å². The Kier molecular flexibility index (Phi) is 5.70. The Morgan fingerprint density at radius 2 is 2.10 bits per heavy atom. The Hall–Kier alpha value is -1.24. The molecule has 1 fully saturated rings. The van der Waals surface area contributed by atoms with Gasteiger partial charge in [-0.15, -0.1) is 0 Å². The maximum atomic E-state index is 9.14. The molecular formula is C16H22ClN3. The number of nitrogens with one attached hydrogen (secondary N) is 1. The van der Waals surface area contributed by atoms with Crippen molar-refractivity contribution in [2.24, 2.45) is 5.92 Å². The van der Waals surface area contributed by atoms with Crippen molar-refractivity contribution < 1.29 is 0 Å². The lowest BCUT2D eigenvalue weighted by molar-refractivity contribution is 0.204. The van der Waals surface area contributed by atoms with Crippen LogP contribution < -0.4 is 5.32 Å². The molecule has 4 heteroatoms. The van der Waals surface area contributed by atoms with E-state index >= 15 is 0 Å². The summed E-state index contributed by atoms with van der Waals surface area (Å²) in [6.07, 6.45) is 4.03. The van der Waals surface area contributed by atoms with Crippen LogP contribution in [0.25, 0.3) is 0 Å². The Morgan fingerprint density at radius 1 is 1.35 bits per heavy atom. The molecule has 0 amide bonds. The van der Waals surface area contributed by atoms with E-state index < -0.39 is 0 Å². The second-order valence-corrected chi connectivity index (χ2v) is 6.03. The van der Waals surface area contributed by atoms with Gasteiger partial charge in [-0.1, -0.05) is 31.0 Å². The summed E-state index contributed by atoms with van der Waals surface area (Å²) >= 11 is 6.03. The molecule has 1 saturated heterocycles. The maximum absolute atomic E-state index is 9.14. The molecular weight excluding hydrogens is 270 g/mol. The van der Waals surface area contributed by atoms with Gasteiger partial charge in [0.2, 0.25) is 0 Å². The smallest absolute Gasteiger partial charge is 0.103 e. The number of hydrogen-bond donors (Lipinski definition) is 1. The molecule has 108 valence electrons. The van der Waals surface area contributed by atoms with E-state index in [-0.39, 0.29) is 0 Å². The van der Waals surface area contributed by atoms with E-state index in [9.17, 15) is 0 Å². The summed E-state index contributed by atoms with van der Waals surface area (Å²) in [7, 11) is 0. The molecule has 0 radical (unpaired) electrons. The lowest BCUT2D eigenvalue weighted by Crippen LogP contribution is -2.35. The zero-order valence-corrected chi connectivity index (χ0v) is 12.8. The van der Waals surface area contributed by atoms with Gasteiger partial charge in [0, 0.05) is 13.1 Å². The Morgan fingerprint density at radius 3 is 2.80 bits per heavy atom. The highest BCUT2D eigenvalue weighted by atomic mass is 35.5. The van der Waals surface area contributed by atoms with E-state index in [1.807, 2.05) is 12.1 Å². The summed E-state index contributed by atoms with van der Waals surface area (Å²) in [5.41, 5.74) is 1.38. The van der Waals surface area contributed by atoms with Crippen LogP contribution in [0.15, 0.2) is 18.2 Å². The molecule has 0 saturated carbocycles. The Balaban J connectivity index is 1.85. The van der Waals surface area contributed by atoms with E-state index in [4.69, 9.17) is 16.9 Å². The number of anilines is 1. The molecule has 0 aliphatic carbocycles. The van der Waals surface area contributed by atoms with Gasteiger partial charge in [0.05, 0.1) is 16.3 Å². The minimum atomic E-state index is 0.515. The summed E-state index contributed by atoms with van der Waals surface area (Å²) in [5.74, 6) is 0.554. The fourth-order valence-electron chi connectivity index (χ4n) is 2.72. The number of likely N-dealkylation sites (tertiary alicyclic amines) is 1. The lowest BCUT2D eigenvalue weighted by atomic mass is 10.1. The number of hydrogen-bond acceptors (Lipinski definition) is 3. The van der Waals surface area contributed by atoms with E-state index in [0.717, 1.165) is 18.8 Å². The van der Waals surface area contributed by atoms with Crippen LogP contribution in [-0.4, -0.2) is 31.1 Å². The van der Waals surface area contributed by atoms with Gasteiger partial charge in [0.25, 0.3) is 0 Å². The molecule has 0 aromatic heterocycles. The number of halogens is 1. The summed E-state index contributed by atoms with van der Waals surface area (Å²) in [6.45, 7) is 6.69. The fourth-order valence-corrected chi connectivity index (χ4v) is 2.93. The molecule has 1 heterocycles. The van der Waals surface area contributed by atoms with E-state index in [0.29, 0.717) is 16.5 Å². The van der Waals surface area contributed by atoms with Gasteiger partial charge in [-0.05, 0) is 44.0 Å². The van der Waals surface area contributed by atoms with Crippen LogP contribution in [0.4, 0.5) is 5.69 Å². The van der Waals surface area contributed by atoms with Crippen molar-refractivity contribution in [2.45, 2.75) is 26.2 Å². The standard InChI is InChI=1S/C16H22ClN3/c1-13(12-20-8-3-2-4-9-20)11-19-16-7-5-6-15(17)14(16)10-18/h5-7,13,19H,2-4,8-9,11-12H2,1H3. The first-order valence-electron chi connectivity index (χ1n) is 7.35. The maximum Gasteiger partial charge on any atom is 0.103 e. The normalized spacial score (nSPS) is 17.4. The van der Waals surface area contributed by atoms with Crippen LogP contribution in [0.3, 0.4) is 0 Å². The minimum absolute atomic E-state index is 0.515. The highest BCUT2D eigenvalue weighted by Crippen LogP contribution is 2.23. The first kappa shape index (κ1) is 15.2. The lowest BCUT2D eigenvalue weighted by Gasteiger charge is -2.29. The first-order chi connectivity index (χ1) is 9.70. The summed E-state index contributed by atoms with van der Waals surface area (Å²) < 4.78 is 0. The molecule has 1 aliphatic rings. The van der Waals surface area contributed by atoms with Crippen LogP contribution in [0.1, 0.15) is 31.7 Å². The van der Waals surface area contributed by atoms with Gasteiger partial charge in [0.15, 0.2) is 0 Å². The number of piperidine rings is 1. The third-order valence-corrected chi connectivity index (χ3v) is 4.10. The predicted molar refractivity (Wildman–Crippen MR) is 84.1 cm³/mol. The summed E-state index contributed by atoms with van der Waals surface area (Å²) in [4.78, 5) is 2.54. The van der Waals surface area contributed by atoms with E-state index in [2.05, 4.69) is 23.2 Å². The topological polar surface area (TPSA) is 39.1 Å². The van der Waals surface area contributed by atoms with Gasteiger partial charge in [0.1, 0.15) is 6.07 Å². The minimum Gasteiger partial charge on any atom is -0.384 e. The van der Waals surface area contributed by atoms with Crippen molar-refractivity contribution in [1.29, 1.82) is 5.26 Å². The molecule has 3 nitrogen and oxygen atoms in total. The Labute approximate surface area is 126 Å². The molecule has 2 rings (SSSR count). The average molecular weight is 292 g/mol. The van der Waals surface area contributed by atoms with Gasteiger partial charge in [-0.3, -0.25) is 0 Å². The predicted octanol–water partition coefficient (Wildman–Crippen LogP) is 3.75. The largest absolute Gasteiger partial charge is 0.384 e. The molecule has 1 aliphatic heterocycles. The molecule has 1 unspecified atom stereocenters. The zero-order chi connectivity index (χ0) is 14.4. The van der Waals surface area contributed by atoms with Crippen molar-refractivity contribution in [3.8, 4) is 6.07 Å². The molecule has 1 N–H and O–H groups in total. The highest BCUT2D eigenvalue weighted by molar-refractivity contribution is 6.32. The van der Waals surface area contributed by atoms with Crippen LogP contribution >= 0.6 is 11.6 Å². The molecule has 0 spiro atoms. The molecule has 0 bridgehead atoms. The monoisotopic (exact) mass is 291 g/mol. The van der Waals surface area contributed by atoms with Crippen LogP contribution in [-0.2, 0) is 0 Å². The summed E-state index contributed by atoms with van der Waals surface area (Å²) in [5, 5.41) is 13.0. The third kappa shape index (κ3) is 4.13. The quantitative estimate of drug-likeness (QED) is 0.898. The molecule has 20 heavy (non-hydrogen) atoms. The molecule has 1 aromatic rings. The Bertz CT molecular complexity index is 475. The van der Waals surface area contributed by atoms with Gasteiger partial charge in [-0.2, -0.15) is 5.26 Å². The van der Waals surface area contributed by atoms with Crippen molar-refractivity contribution in [2.75, 3.05) is 31.5 Å². The second-order valence-electron chi connectivity index (χ2n) is 5.62. The van der Waals surface area contributed by atoms with Crippen LogP contribution in [0.5, 0.6) is 0 Å². The SMILES string of the molecule is CC(CNc1cccc(Cl)c1C#N)CN1CCCCC1. The number of nitriles is 1. The van der Waals surface area contributed by atoms with Gasteiger partial charge < -0.3 is 10.2 Å². The summed E-state index contributed by atoms with van der Waals surface area (Å²) in [6, 6.07) is 7.71. The average Bonchev–Trinajstić information content (AvgIpc) is 2.46. The van der Waals surface area contributed by atoms with E-state index in [1.165, 1.54) is 32.4 Å². The highest BCUT2D eigenvalue weighted by Gasteiger charge is 2.14. The first-order valence-corrected chi connectivity index (χ1v) is 7.73.